The summed E-state index contributed by atoms with van der Waals surface area (Å²) in [4.78, 5) is 0. The molecule has 0 saturated heterocycles. The van der Waals surface area contributed by atoms with Crippen LogP contribution in [0.1, 0.15) is 16.8 Å². The van der Waals surface area contributed by atoms with Crippen LogP contribution in [-0.2, 0) is 12.8 Å². The highest BCUT2D eigenvalue weighted by Gasteiger charge is 1.97. The average Bonchev–Trinajstić information content (AvgIpc) is 2.70. The first-order valence-corrected chi connectivity index (χ1v) is 4.75. The third kappa shape index (κ3) is 2.19. The molecule has 72 valence electrons. The minimum absolute atomic E-state index is 0.944. The zero-order valence-electron chi connectivity index (χ0n) is 8.20. The van der Waals surface area contributed by atoms with Gasteiger partial charge >= 0.3 is 0 Å². The molecule has 2 aromatic rings. The topological polar surface area (TPSA) is 41.6 Å². The minimum atomic E-state index is 0.944. The summed E-state index contributed by atoms with van der Waals surface area (Å²) in [6.07, 6.45) is 3.74. The normalized spacial score (nSPS) is 10.4. The van der Waals surface area contributed by atoms with Gasteiger partial charge in [-0.3, -0.25) is 0 Å². The van der Waals surface area contributed by atoms with E-state index >= 15 is 0 Å². The SMILES string of the molecule is Cc1ccc(CCc2cn[nH]n2)cc1. The number of H-pyrrole nitrogens is 1. The van der Waals surface area contributed by atoms with Gasteiger partial charge in [0.2, 0.25) is 0 Å². The molecular formula is C11H13N3. The Morgan fingerprint density at radius 2 is 1.93 bits per heavy atom. The maximum Gasteiger partial charge on any atom is 0.0828 e. The fraction of sp³-hybridized carbons (Fsp3) is 0.273. The molecule has 0 aliphatic carbocycles. The molecule has 0 fully saturated rings. The summed E-state index contributed by atoms with van der Waals surface area (Å²) in [5.41, 5.74) is 3.67. The molecule has 0 saturated carbocycles. The maximum absolute atomic E-state index is 4.01. The van der Waals surface area contributed by atoms with Crippen molar-refractivity contribution >= 4 is 0 Å². The van der Waals surface area contributed by atoms with Crippen LogP contribution in [0.4, 0.5) is 0 Å². The molecule has 0 amide bonds. The second-order valence-corrected chi connectivity index (χ2v) is 3.45. The van der Waals surface area contributed by atoms with Gasteiger partial charge in [-0.05, 0) is 25.3 Å². The van der Waals surface area contributed by atoms with Gasteiger partial charge in [0.15, 0.2) is 0 Å². The Labute approximate surface area is 83.2 Å². The van der Waals surface area contributed by atoms with Crippen LogP contribution in [0.25, 0.3) is 0 Å². The largest absolute Gasteiger partial charge is 0.198 e. The van der Waals surface area contributed by atoms with Gasteiger partial charge < -0.3 is 0 Å². The molecule has 2 rings (SSSR count). The zero-order chi connectivity index (χ0) is 9.80. The van der Waals surface area contributed by atoms with E-state index in [1.165, 1.54) is 11.1 Å². The zero-order valence-corrected chi connectivity index (χ0v) is 8.20. The van der Waals surface area contributed by atoms with E-state index in [9.17, 15) is 0 Å². The summed E-state index contributed by atoms with van der Waals surface area (Å²) in [5.74, 6) is 0. The van der Waals surface area contributed by atoms with E-state index in [2.05, 4.69) is 46.6 Å². The van der Waals surface area contributed by atoms with Gasteiger partial charge in [0, 0.05) is 0 Å². The van der Waals surface area contributed by atoms with Crippen molar-refractivity contribution in [1.82, 2.24) is 15.4 Å². The predicted octanol–water partition coefficient (Wildman–Crippen LogP) is 1.90. The summed E-state index contributed by atoms with van der Waals surface area (Å²) >= 11 is 0. The number of hydrogen-bond acceptors (Lipinski definition) is 2. The Bertz CT molecular complexity index is 375. The molecule has 0 unspecified atom stereocenters. The van der Waals surface area contributed by atoms with Gasteiger partial charge in [0.25, 0.3) is 0 Å². The molecule has 0 aliphatic rings. The van der Waals surface area contributed by atoms with Gasteiger partial charge in [-0.25, -0.2) is 0 Å². The van der Waals surface area contributed by atoms with Crippen molar-refractivity contribution in [3.8, 4) is 0 Å². The molecule has 0 spiro atoms. The molecule has 3 nitrogen and oxygen atoms in total. The number of aryl methyl sites for hydroxylation is 3. The van der Waals surface area contributed by atoms with Crippen LogP contribution in [0.15, 0.2) is 30.5 Å². The van der Waals surface area contributed by atoms with E-state index in [1.807, 2.05) is 0 Å². The number of hydrogen-bond donors (Lipinski definition) is 1. The highest BCUT2D eigenvalue weighted by molar-refractivity contribution is 5.21. The molecule has 0 bridgehead atoms. The Morgan fingerprint density at radius 3 is 2.57 bits per heavy atom. The van der Waals surface area contributed by atoms with Gasteiger partial charge in [-0.15, -0.1) is 0 Å². The number of nitrogens with one attached hydrogen (secondary N) is 1. The van der Waals surface area contributed by atoms with E-state index in [1.54, 1.807) is 6.20 Å². The van der Waals surface area contributed by atoms with E-state index < -0.39 is 0 Å². The molecule has 3 heteroatoms. The van der Waals surface area contributed by atoms with Gasteiger partial charge in [-0.1, -0.05) is 29.8 Å². The number of nitrogens with zero attached hydrogens (tertiary/aromatic N) is 2. The Morgan fingerprint density at radius 1 is 1.14 bits per heavy atom. The van der Waals surface area contributed by atoms with Crippen molar-refractivity contribution in [1.29, 1.82) is 0 Å². The quantitative estimate of drug-likeness (QED) is 0.797. The second kappa shape index (κ2) is 4.05. The Hall–Kier alpha value is -1.64. The highest BCUT2D eigenvalue weighted by Crippen LogP contribution is 2.06. The highest BCUT2D eigenvalue weighted by atomic mass is 15.3. The van der Waals surface area contributed by atoms with Crippen molar-refractivity contribution in [2.24, 2.45) is 0 Å². The van der Waals surface area contributed by atoms with E-state index in [-0.39, 0.29) is 0 Å². The molecule has 1 heterocycles. The molecule has 14 heavy (non-hydrogen) atoms. The first kappa shape index (κ1) is 8.94. The first-order valence-electron chi connectivity index (χ1n) is 4.75. The van der Waals surface area contributed by atoms with E-state index in [4.69, 9.17) is 0 Å². The number of aromatic amines is 1. The summed E-state index contributed by atoms with van der Waals surface area (Å²) in [7, 11) is 0. The lowest BCUT2D eigenvalue weighted by molar-refractivity contribution is 0.871. The fourth-order valence-electron chi connectivity index (χ4n) is 1.37. The molecule has 1 N–H and O–H groups in total. The van der Waals surface area contributed by atoms with Crippen LogP contribution in [0, 0.1) is 6.92 Å². The van der Waals surface area contributed by atoms with E-state index in [0.29, 0.717) is 0 Å². The van der Waals surface area contributed by atoms with Crippen LogP contribution in [0.5, 0.6) is 0 Å². The smallest absolute Gasteiger partial charge is 0.0828 e. The monoisotopic (exact) mass is 187 g/mol. The lowest BCUT2D eigenvalue weighted by Crippen LogP contribution is -1.91. The fourth-order valence-corrected chi connectivity index (χ4v) is 1.37. The lowest BCUT2D eigenvalue weighted by Gasteiger charge is -1.99. The number of rotatable bonds is 3. The molecule has 1 aromatic carbocycles. The Kier molecular flexibility index (Phi) is 2.58. The third-order valence-corrected chi connectivity index (χ3v) is 2.26. The maximum atomic E-state index is 4.01. The number of benzene rings is 1. The van der Waals surface area contributed by atoms with Crippen LogP contribution in [0.2, 0.25) is 0 Å². The molecular weight excluding hydrogens is 174 g/mol. The van der Waals surface area contributed by atoms with Crippen LogP contribution >= 0.6 is 0 Å². The van der Waals surface area contributed by atoms with Gasteiger partial charge in [-0.2, -0.15) is 15.4 Å². The average molecular weight is 187 g/mol. The lowest BCUT2D eigenvalue weighted by atomic mass is 10.1. The van der Waals surface area contributed by atoms with Gasteiger partial charge in [0.05, 0.1) is 11.9 Å². The minimum Gasteiger partial charge on any atom is -0.198 e. The van der Waals surface area contributed by atoms with Crippen LogP contribution < -0.4 is 0 Å². The van der Waals surface area contributed by atoms with Crippen molar-refractivity contribution in [3.05, 3.63) is 47.3 Å². The van der Waals surface area contributed by atoms with Crippen molar-refractivity contribution in [2.45, 2.75) is 19.8 Å². The van der Waals surface area contributed by atoms with Crippen LogP contribution in [-0.4, -0.2) is 15.4 Å². The molecule has 0 atom stereocenters. The van der Waals surface area contributed by atoms with Crippen molar-refractivity contribution in [2.75, 3.05) is 0 Å². The van der Waals surface area contributed by atoms with Gasteiger partial charge in [0.1, 0.15) is 0 Å². The predicted molar refractivity (Wildman–Crippen MR) is 55.0 cm³/mol. The van der Waals surface area contributed by atoms with E-state index in [0.717, 1.165) is 18.5 Å². The molecule has 0 radical (unpaired) electrons. The summed E-state index contributed by atoms with van der Waals surface area (Å²) in [6, 6.07) is 8.60. The third-order valence-electron chi connectivity index (χ3n) is 2.26. The Balaban J connectivity index is 1.95. The van der Waals surface area contributed by atoms with Crippen LogP contribution in [0.3, 0.4) is 0 Å². The number of aromatic nitrogens is 3. The summed E-state index contributed by atoms with van der Waals surface area (Å²) in [6.45, 7) is 2.10. The first-order chi connectivity index (χ1) is 6.84. The van der Waals surface area contributed by atoms with Crippen molar-refractivity contribution in [3.63, 3.8) is 0 Å². The molecule has 0 aliphatic heterocycles. The summed E-state index contributed by atoms with van der Waals surface area (Å²) < 4.78 is 0. The standard InChI is InChI=1S/C11H13N3/c1-9-2-4-10(5-3-9)6-7-11-8-12-14-13-11/h2-5,8H,6-7H2,1H3,(H,12,13,14). The summed E-state index contributed by atoms with van der Waals surface area (Å²) in [5, 5.41) is 10.4. The molecule has 1 aromatic heterocycles. The van der Waals surface area contributed by atoms with Crippen molar-refractivity contribution < 1.29 is 0 Å². The second-order valence-electron chi connectivity index (χ2n) is 3.45.